The van der Waals surface area contributed by atoms with Crippen LogP contribution in [0.3, 0.4) is 0 Å². The highest BCUT2D eigenvalue weighted by Crippen LogP contribution is 2.38. The zero-order chi connectivity index (χ0) is 9.59. The van der Waals surface area contributed by atoms with Crippen LogP contribution < -0.4 is 0 Å². The molecule has 2 rings (SSSR count). The third-order valence-electron chi connectivity index (χ3n) is 1.99. The minimum atomic E-state index is -0.300. The van der Waals surface area contributed by atoms with E-state index in [-0.39, 0.29) is 11.0 Å². The number of ether oxygens (including phenoxy) is 1. The van der Waals surface area contributed by atoms with E-state index < -0.39 is 0 Å². The van der Waals surface area contributed by atoms with Gasteiger partial charge in [-0.05, 0) is 40.5 Å². The van der Waals surface area contributed by atoms with Crippen molar-refractivity contribution in [3.63, 3.8) is 0 Å². The molecule has 0 aromatic heterocycles. The zero-order valence-electron chi connectivity index (χ0n) is 6.80. The quantitative estimate of drug-likeness (QED) is 0.543. The number of hydrogen-bond acceptors (Lipinski definition) is 2. The Hall–Kier alpha value is -0.350. The lowest BCUT2D eigenvalue weighted by molar-refractivity contribution is 0.0530. The van der Waals surface area contributed by atoms with Gasteiger partial charge in [0.05, 0.1) is 5.56 Å². The fraction of sp³-hybridized carbons (Fsp3) is 0.222. The summed E-state index contributed by atoms with van der Waals surface area (Å²) in [5.74, 6) is -0.248. The molecule has 68 valence electrons. The smallest absolute Gasteiger partial charge is 0.340 e. The van der Waals surface area contributed by atoms with Gasteiger partial charge in [0.2, 0.25) is 0 Å². The van der Waals surface area contributed by atoms with Crippen molar-refractivity contribution in [2.24, 2.45) is 0 Å². The van der Waals surface area contributed by atoms with E-state index in [0.29, 0.717) is 5.56 Å². The number of alkyl halides is 1. The minimum absolute atomic E-state index is 0.248. The van der Waals surface area contributed by atoms with Crippen molar-refractivity contribution >= 4 is 37.8 Å². The number of hydrogen-bond donors (Lipinski definition) is 0. The van der Waals surface area contributed by atoms with Gasteiger partial charge in [0.15, 0.2) is 5.01 Å². The van der Waals surface area contributed by atoms with Gasteiger partial charge in [0, 0.05) is 10.0 Å². The molecule has 0 saturated heterocycles. The van der Waals surface area contributed by atoms with E-state index in [1.54, 1.807) is 0 Å². The molecule has 4 heteroatoms. The number of cyclic esters (lactones) is 1. The standard InChI is InChI=1S/C9H6Br2O2/c1-4-2-5(10)3-6-7(4)9(12)13-8(6)11/h2-3,8H,1H3. The monoisotopic (exact) mass is 304 g/mol. The van der Waals surface area contributed by atoms with Gasteiger partial charge < -0.3 is 4.74 Å². The Balaban J connectivity index is 2.69. The Labute approximate surface area is 92.5 Å². The number of esters is 1. The molecule has 0 saturated carbocycles. The van der Waals surface area contributed by atoms with Gasteiger partial charge in [0.1, 0.15) is 0 Å². The van der Waals surface area contributed by atoms with Crippen molar-refractivity contribution in [2.75, 3.05) is 0 Å². The summed E-state index contributed by atoms with van der Waals surface area (Å²) >= 11 is 6.66. The molecule has 0 radical (unpaired) electrons. The lowest BCUT2D eigenvalue weighted by Crippen LogP contribution is -1.96. The van der Waals surface area contributed by atoms with Gasteiger partial charge >= 0.3 is 5.97 Å². The van der Waals surface area contributed by atoms with Crippen molar-refractivity contribution in [2.45, 2.75) is 11.9 Å². The molecular weight excluding hydrogens is 300 g/mol. The van der Waals surface area contributed by atoms with Crippen molar-refractivity contribution in [3.05, 3.63) is 33.3 Å². The number of aryl methyl sites for hydroxylation is 1. The Morgan fingerprint density at radius 3 is 2.85 bits per heavy atom. The highest BCUT2D eigenvalue weighted by Gasteiger charge is 2.30. The number of carbonyl (C=O) groups excluding carboxylic acids is 1. The summed E-state index contributed by atoms with van der Waals surface area (Å²) in [7, 11) is 0. The summed E-state index contributed by atoms with van der Waals surface area (Å²) < 4.78 is 5.99. The van der Waals surface area contributed by atoms with E-state index >= 15 is 0 Å². The van der Waals surface area contributed by atoms with Crippen molar-refractivity contribution in [1.82, 2.24) is 0 Å². The number of fused-ring (bicyclic) bond motifs is 1. The molecular formula is C9H6Br2O2. The van der Waals surface area contributed by atoms with Gasteiger partial charge in [0.25, 0.3) is 0 Å². The number of benzene rings is 1. The maximum Gasteiger partial charge on any atom is 0.340 e. The molecule has 1 aromatic rings. The highest BCUT2D eigenvalue weighted by atomic mass is 79.9. The van der Waals surface area contributed by atoms with E-state index in [1.165, 1.54) is 0 Å². The second kappa shape index (κ2) is 3.10. The van der Waals surface area contributed by atoms with Crippen LogP contribution in [-0.4, -0.2) is 5.97 Å². The largest absolute Gasteiger partial charge is 0.442 e. The molecule has 1 aromatic carbocycles. The Kier molecular flexibility index (Phi) is 2.20. The average Bonchev–Trinajstić information content (AvgIpc) is 2.27. The van der Waals surface area contributed by atoms with E-state index in [0.717, 1.165) is 15.6 Å². The third-order valence-corrected chi connectivity index (χ3v) is 3.13. The molecule has 0 amide bonds. The summed E-state index contributed by atoms with van der Waals surface area (Å²) in [4.78, 5) is 11.3. The first-order valence-corrected chi connectivity index (χ1v) is 5.45. The predicted octanol–water partition coefficient (Wildman–Crippen LogP) is 3.32. The summed E-state index contributed by atoms with van der Waals surface area (Å²) in [6, 6.07) is 3.80. The van der Waals surface area contributed by atoms with Crippen LogP contribution in [0.4, 0.5) is 0 Å². The fourth-order valence-electron chi connectivity index (χ4n) is 1.44. The summed E-state index contributed by atoms with van der Waals surface area (Å²) in [5.41, 5.74) is 2.53. The average molecular weight is 306 g/mol. The Morgan fingerprint density at radius 2 is 2.15 bits per heavy atom. The summed E-state index contributed by atoms with van der Waals surface area (Å²) in [5, 5.41) is -0.300. The number of carbonyl (C=O) groups is 1. The van der Waals surface area contributed by atoms with Crippen LogP contribution in [0.2, 0.25) is 0 Å². The second-order valence-corrected chi connectivity index (χ2v) is 4.66. The molecule has 1 aliphatic heterocycles. The van der Waals surface area contributed by atoms with Gasteiger partial charge in [-0.1, -0.05) is 15.9 Å². The Morgan fingerprint density at radius 1 is 1.46 bits per heavy atom. The molecule has 0 aliphatic carbocycles. The first-order valence-electron chi connectivity index (χ1n) is 3.74. The minimum Gasteiger partial charge on any atom is -0.442 e. The predicted molar refractivity (Wildman–Crippen MR) is 56.0 cm³/mol. The first kappa shape index (κ1) is 9.21. The SMILES string of the molecule is Cc1cc(Br)cc2c1C(=O)OC2Br. The summed E-state index contributed by atoms with van der Waals surface area (Å²) in [6.45, 7) is 1.90. The van der Waals surface area contributed by atoms with Crippen LogP contribution >= 0.6 is 31.9 Å². The van der Waals surface area contributed by atoms with Crippen LogP contribution in [0.25, 0.3) is 0 Å². The molecule has 2 nitrogen and oxygen atoms in total. The van der Waals surface area contributed by atoms with E-state index in [2.05, 4.69) is 31.9 Å². The normalized spacial score (nSPS) is 19.9. The molecule has 1 atom stereocenters. The molecule has 1 heterocycles. The van der Waals surface area contributed by atoms with E-state index in [9.17, 15) is 4.79 Å². The molecule has 1 unspecified atom stereocenters. The Bertz CT molecular complexity index is 387. The van der Waals surface area contributed by atoms with E-state index in [1.807, 2.05) is 19.1 Å². The topological polar surface area (TPSA) is 26.3 Å². The number of halogens is 2. The van der Waals surface area contributed by atoms with Crippen molar-refractivity contribution in [1.29, 1.82) is 0 Å². The van der Waals surface area contributed by atoms with Gasteiger partial charge in [-0.15, -0.1) is 0 Å². The maximum absolute atomic E-state index is 11.3. The van der Waals surface area contributed by atoms with Crippen LogP contribution in [0.1, 0.15) is 26.5 Å². The van der Waals surface area contributed by atoms with Gasteiger partial charge in [-0.25, -0.2) is 4.79 Å². The lowest BCUT2D eigenvalue weighted by atomic mass is 10.0. The molecule has 0 bridgehead atoms. The fourth-order valence-corrected chi connectivity index (χ4v) is 2.56. The summed E-state index contributed by atoms with van der Waals surface area (Å²) in [6.07, 6.45) is 0. The van der Waals surface area contributed by atoms with Crippen LogP contribution in [0, 0.1) is 6.92 Å². The van der Waals surface area contributed by atoms with Crippen molar-refractivity contribution in [3.8, 4) is 0 Å². The zero-order valence-corrected chi connectivity index (χ0v) is 9.98. The maximum atomic E-state index is 11.3. The van der Waals surface area contributed by atoms with Crippen LogP contribution in [0.15, 0.2) is 16.6 Å². The molecule has 0 spiro atoms. The molecule has 1 aliphatic rings. The van der Waals surface area contributed by atoms with Crippen LogP contribution in [0.5, 0.6) is 0 Å². The molecule has 0 fully saturated rings. The second-order valence-electron chi connectivity index (χ2n) is 2.91. The lowest BCUT2D eigenvalue weighted by Gasteiger charge is -2.02. The van der Waals surface area contributed by atoms with Crippen molar-refractivity contribution < 1.29 is 9.53 Å². The van der Waals surface area contributed by atoms with Gasteiger partial charge in [-0.2, -0.15) is 0 Å². The van der Waals surface area contributed by atoms with Crippen LogP contribution in [-0.2, 0) is 4.74 Å². The molecule has 13 heavy (non-hydrogen) atoms. The number of rotatable bonds is 0. The third kappa shape index (κ3) is 1.42. The van der Waals surface area contributed by atoms with Gasteiger partial charge in [-0.3, -0.25) is 0 Å². The highest BCUT2D eigenvalue weighted by molar-refractivity contribution is 9.10. The first-order chi connectivity index (χ1) is 6.09. The molecule has 0 N–H and O–H groups in total. The van der Waals surface area contributed by atoms with E-state index in [4.69, 9.17) is 4.74 Å².